The summed E-state index contributed by atoms with van der Waals surface area (Å²) >= 11 is 0. The van der Waals surface area contributed by atoms with Gasteiger partial charge >= 0.3 is 0 Å². The summed E-state index contributed by atoms with van der Waals surface area (Å²) in [7, 11) is 1.63. The molecule has 3 rings (SSSR count). The first kappa shape index (κ1) is 13.1. The molecule has 0 atom stereocenters. The molecule has 0 radical (unpaired) electrons. The summed E-state index contributed by atoms with van der Waals surface area (Å²) in [4.78, 5) is 21.2. The molecule has 1 aromatic carbocycles. The number of rotatable bonds is 3. The Kier molecular flexibility index (Phi) is 3.51. The minimum atomic E-state index is 0.478. The Bertz CT molecular complexity index is 816. The maximum Gasteiger partial charge on any atom is 0.181 e. The van der Waals surface area contributed by atoms with E-state index in [1.54, 1.807) is 31.9 Å². The van der Waals surface area contributed by atoms with Gasteiger partial charge in [0.15, 0.2) is 11.5 Å². The molecule has 0 aliphatic heterocycles. The molecule has 3 aromatic rings. The Morgan fingerprint density at radius 3 is 2.86 bits per heavy atom. The van der Waals surface area contributed by atoms with E-state index in [9.17, 15) is 0 Å². The van der Waals surface area contributed by atoms with Crippen LogP contribution in [0.2, 0.25) is 0 Å². The molecular formula is C15H13N5O. The van der Waals surface area contributed by atoms with Gasteiger partial charge < -0.3 is 4.74 Å². The Morgan fingerprint density at radius 1 is 1.14 bits per heavy atom. The number of hydrogen-bond donors (Lipinski definition) is 0. The Balaban J connectivity index is 1.96. The van der Waals surface area contributed by atoms with Gasteiger partial charge in [0.05, 0.1) is 19.5 Å². The van der Waals surface area contributed by atoms with Crippen LogP contribution in [0.15, 0.2) is 41.8 Å². The summed E-state index contributed by atoms with van der Waals surface area (Å²) in [5, 5.41) is 0. The van der Waals surface area contributed by atoms with Gasteiger partial charge in [0.1, 0.15) is 17.0 Å². The van der Waals surface area contributed by atoms with Crippen LogP contribution >= 0.6 is 0 Å². The normalized spacial score (nSPS) is 11.1. The molecule has 0 N–H and O–H groups in total. The van der Waals surface area contributed by atoms with E-state index in [0.29, 0.717) is 17.0 Å². The van der Waals surface area contributed by atoms with E-state index >= 15 is 0 Å². The Labute approximate surface area is 121 Å². The smallest absolute Gasteiger partial charge is 0.181 e. The second-order valence-electron chi connectivity index (χ2n) is 4.38. The third-order valence-electron chi connectivity index (χ3n) is 2.96. The quantitative estimate of drug-likeness (QED) is 0.689. The predicted octanol–water partition coefficient (Wildman–Crippen LogP) is 2.49. The zero-order chi connectivity index (χ0) is 14.7. The first-order valence-corrected chi connectivity index (χ1v) is 6.39. The number of nitrogens with zero attached hydrogens (tertiary/aromatic N) is 5. The molecule has 0 bridgehead atoms. The lowest BCUT2D eigenvalue weighted by atomic mass is 10.2. The lowest BCUT2D eigenvalue weighted by Gasteiger charge is -2.06. The number of aromatic nitrogens is 4. The standard InChI is InChI=1S/C15H13N5O/c1-10-4-3-5-11(14(10)21-2)18-9-13-19-8-12-15(20-13)17-7-6-16-12/h3-9H,1-2H3. The molecule has 0 aliphatic carbocycles. The van der Waals surface area contributed by atoms with Crippen LogP contribution in [-0.4, -0.2) is 33.3 Å². The number of aryl methyl sites for hydroxylation is 1. The van der Waals surface area contributed by atoms with Crippen molar-refractivity contribution in [2.45, 2.75) is 6.92 Å². The lowest BCUT2D eigenvalue weighted by Crippen LogP contribution is -1.96. The molecule has 0 spiro atoms. The van der Waals surface area contributed by atoms with Crippen LogP contribution in [0.25, 0.3) is 11.2 Å². The van der Waals surface area contributed by atoms with Gasteiger partial charge in [0.2, 0.25) is 0 Å². The largest absolute Gasteiger partial charge is 0.494 e. The maximum atomic E-state index is 5.36. The molecule has 0 aliphatic rings. The van der Waals surface area contributed by atoms with Crippen molar-refractivity contribution in [3.8, 4) is 5.75 Å². The number of ether oxygens (including phenoxy) is 1. The third kappa shape index (κ3) is 2.69. The van der Waals surface area contributed by atoms with Crippen molar-refractivity contribution in [2.75, 3.05) is 7.11 Å². The number of methoxy groups -OCH3 is 1. The molecule has 2 heterocycles. The minimum absolute atomic E-state index is 0.478. The summed E-state index contributed by atoms with van der Waals surface area (Å²) in [5.41, 5.74) is 2.96. The number of fused-ring (bicyclic) bond motifs is 1. The maximum absolute atomic E-state index is 5.36. The average Bonchev–Trinajstić information content (AvgIpc) is 2.52. The van der Waals surface area contributed by atoms with Gasteiger partial charge in [-0.15, -0.1) is 0 Å². The topological polar surface area (TPSA) is 73.2 Å². The van der Waals surface area contributed by atoms with E-state index in [-0.39, 0.29) is 0 Å². The molecule has 6 heteroatoms. The van der Waals surface area contributed by atoms with Crippen LogP contribution in [-0.2, 0) is 0 Å². The van der Waals surface area contributed by atoms with Crippen LogP contribution < -0.4 is 4.74 Å². The highest BCUT2D eigenvalue weighted by Gasteiger charge is 2.04. The number of para-hydroxylation sites is 1. The fourth-order valence-corrected chi connectivity index (χ4v) is 1.98. The summed E-state index contributed by atoms with van der Waals surface area (Å²) in [6.07, 6.45) is 6.42. The number of benzene rings is 1. The van der Waals surface area contributed by atoms with Gasteiger partial charge in [-0.2, -0.15) is 0 Å². The van der Waals surface area contributed by atoms with Crippen molar-refractivity contribution in [2.24, 2.45) is 4.99 Å². The van der Waals surface area contributed by atoms with E-state index in [4.69, 9.17) is 4.74 Å². The van der Waals surface area contributed by atoms with Crippen LogP contribution in [0.4, 0.5) is 5.69 Å². The van der Waals surface area contributed by atoms with Crippen molar-refractivity contribution < 1.29 is 4.74 Å². The minimum Gasteiger partial charge on any atom is -0.494 e. The van der Waals surface area contributed by atoms with Gasteiger partial charge in [-0.3, -0.25) is 0 Å². The van der Waals surface area contributed by atoms with Crippen molar-refractivity contribution in [3.63, 3.8) is 0 Å². The highest BCUT2D eigenvalue weighted by molar-refractivity contribution is 5.81. The van der Waals surface area contributed by atoms with Crippen LogP contribution in [0, 0.1) is 6.92 Å². The monoisotopic (exact) mass is 279 g/mol. The van der Waals surface area contributed by atoms with Crippen molar-refractivity contribution in [3.05, 3.63) is 48.2 Å². The molecular weight excluding hydrogens is 266 g/mol. The molecule has 2 aromatic heterocycles. The van der Waals surface area contributed by atoms with Crippen LogP contribution in [0.3, 0.4) is 0 Å². The second kappa shape index (κ2) is 5.62. The summed E-state index contributed by atoms with van der Waals surface area (Å²) < 4.78 is 5.36. The van der Waals surface area contributed by atoms with E-state index in [1.807, 2.05) is 25.1 Å². The van der Waals surface area contributed by atoms with Crippen molar-refractivity contribution in [1.29, 1.82) is 0 Å². The molecule has 0 saturated carbocycles. The van der Waals surface area contributed by atoms with Gasteiger partial charge in [-0.1, -0.05) is 12.1 Å². The predicted molar refractivity (Wildman–Crippen MR) is 80.1 cm³/mol. The molecule has 0 fully saturated rings. The van der Waals surface area contributed by atoms with Gasteiger partial charge in [-0.05, 0) is 18.6 Å². The second-order valence-corrected chi connectivity index (χ2v) is 4.38. The highest BCUT2D eigenvalue weighted by atomic mass is 16.5. The molecule has 6 nitrogen and oxygen atoms in total. The number of aliphatic imine (C=N–C) groups is 1. The number of hydrogen-bond acceptors (Lipinski definition) is 6. The van der Waals surface area contributed by atoms with E-state index < -0.39 is 0 Å². The van der Waals surface area contributed by atoms with E-state index in [1.165, 1.54) is 0 Å². The molecule has 21 heavy (non-hydrogen) atoms. The first-order valence-electron chi connectivity index (χ1n) is 6.39. The van der Waals surface area contributed by atoms with E-state index in [2.05, 4.69) is 24.9 Å². The van der Waals surface area contributed by atoms with Gasteiger partial charge in [-0.25, -0.2) is 24.9 Å². The molecule has 0 unspecified atom stereocenters. The average molecular weight is 279 g/mol. The zero-order valence-electron chi connectivity index (χ0n) is 11.7. The lowest BCUT2D eigenvalue weighted by molar-refractivity contribution is 0.413. The highest BCUT2D eigenvalue weighted by Crippen LogP contribution is 2.30. The summed E-state index contributed by atoms with van der Waals surface area (Å²) in [6, 6.07) is 5.78. The Morgan fingerprint density at radius 2 is 2.00 bits per heavy atom. The van der Waals surface area contributed by atoms with Crippen molar-refractivity contribution >= 4 is 23.1 Å². The SMILES string of the molecule is COc1c(C)cccc1N=Cc1ncc2nccnc2n1. The first-order chi connectivity index (χ1) is 10.3. The van der Waals surface area contributed by atoms with Gasteiger partial charge in [0, 0.05) is 12.4 Å². The van der Waals surface area contributed by atoms with Crippen LogP contribution in [0.5, 0.6) is 5.75 Å². The Hall–Kier alpha value is -2.89. The summed E-state index contributed by atoms with van der Waals surface area (Å²) in [6.45, 7) is 1.97. The summed E-state index contributed by atoms with van der Waals surface area (Å²) in [5.74, 6) is 1.22. The molecule has 0 saturated heterocycles. The van der Waals surface area contributed by atoms with E-state index in [0.717, 1.165) is 17.0 Å². The third-order valence-corrected chi connectivity index (χ3v) is 2.96. The fraction of sp³-hybridized carbons (Fsp3) is 0.133. The zero-order valence-corrected chi connectivity index (χ0v) is 11.7. The van der Waals surface area contributed by atoms with Crippen LogP contribution in [0.1, 0.15) is 11.4 Å². The molecule has 0 amide bonds. The van der Waals surface area contributed by atoms with Crippen molar-refractivity contribution in [1.82, 2.24) is 19.9 Å². The fourth-order valence-electron chi connectivity index (χ4n) is 1.98. The van der Waals surface area contributed by atoms with Gasteiger partial charge in [0.25, 0.3) is 0 Å². The molecule has 104 valence electrons.